The highest BCUT2D eigenvalue weighted by molar-refractivity contribution is 6.08. The number of hydrogen-bond donors (Lipinski definition) is 1. The van der Waals surface area contributed by atoms with Gasteiger partial charge in [-0.15, -0.1) is 0 Å². The molecule has 22 heavy (non-hydrogen) atoms. The van der Waals surface area contributed by atoms with Crippen molar-refractivity contribution in [1.29, 1.82) is 0 Å². The number of primary amides is 1. The number of hydrogen-bond acceptors (Lipinski definition) is 1. The van der Waals surface area contributed by atoms with Gasteiger partial charge in [0, 0.05) is 34.8 Å². The fraction of sp³-hybridized carbons (Fsp3) is 0.316. The molecule has 1 amide bonds. The van der Waals surface area contributed by atoms with Gasteiger partial charge in [0.1, 0.15) is 0 Å². The molecule has 0 spiro atoms. The van der Waals surface area contributed by atoms with Crippen molar-refractivity contribution in [2.45, 2.75) is 39.2 Å². The maximum absolute atomic E-state index is 11.2. The minimum Gasteiger partial charge on any atom is -0.370 e. The monoisotopic (exact) mass is 294 g/mol. The van der Waals surface area contributed by atoms with Gasteiger partial charge in [0.15, 0.2) is 0 Å². The highest BCUT2D eigenvalue weighted by Gasteiger charge is 2.17. The predicted octanol–water partition coefficient (Wildman–Crippen LogP) is 3.97. The van der Waals surface area contributed by atoms with E-state index in [9.17, 15) is 4.79 Å². The summed E-state index contributed by atoms with van der Waals surface area (Å²) in [7, 11) is 0. The maximum Gasteiger partial charge on any atom is 0.219 e. The molecule has 3 rings (SSSR count). The number of nitrogens with two attached hydrogens (primary N) is 1. The molecule has 2 N–H and O–H groups in total. The molecule has 3 heteroatoms. The summed E-state index contributed by atoms with van der Waals surface area (Å²) in [5.41, 5.74) is 9.08. The molecule has 0 aliphatic heterocycles. The third-order valence-electron chi connectivity index (χ3n) is 4.22. The van der Waals surface area contributed by atoms with Gasteiger partial charge in [0.25, 0.3) is 0 Å². The molecular weight excluding hydrogens is 272 g/mol. The van der Waals surface area contributed by atoms with Gasteiger partial charge in [-0.3, -0.25) is 4.79 Å². The lowest BCUT2D eigenvalue weighted by molar-refractivity contribution is -0.118. The first kappa shape index (κ1) is 14.6. The Morgan fingerprint density at radius 1 is 1.05 bits per heavy atom. The van der Waals surface area contributed by atoms with Gasteiger partial charge in [-0.1, -0.05) is 45.0 Å². The molecule has 0 bridgehead atoms. The number of aromatic nitrogens is 1. The third-order valence-corrected chi connectivity index (χ3v) is 4.22. The van der Waals surface area contributed by atoms with Gasteiger partial charge in [0.2, 0.25) is 5.91 Å². The second-order valence-electron chi connectivity index (χ2n) is 6.87. The molecule has 0 aliphatic carbocycles. The fourth-order valence-electron chi connectivity index (χ4n) is 2.98. The number of benzene rings is 2. The zero-order valence-electron chi connectivity index (χ0n) is 13.4. The molecule has 0 radical (unpaired) electrons. The smallest absolute Gasteiger partial charge is 0.219 e. The molecule has 1 heterocycles. The van der Waals surface area contributed by atoms with Crippen LogP contribution in [-0.4, -0.2) is 10.5 Å². The van der Waals surface area contributed by atoms with Crippen LogP contribution in [0.1, 0.15) is 32.8 Å². The summed E-state index contributed by atoms with van der Waals surface area (Å²) in [4.78, 5) is 11.2. The number of rotatable bonds is 3. The van der Waals surface area contributed by atoms with Crippen LogP contribution < -0.4 is 5.73 Å². The lowest BCUT2D eigenvalue weighted by Crippen LogP contribution is -2.14. The molecule has 2 aromatic carbocycles. The van der Waals surface area contributed by atoms with E-state index in [0.29, 0.717) is 13.0 Å². The largest absolute Gasteiger partial charge is 0.370 e. The van der Waals surface area contributed by atoms with Crippen molar-refractivity contribution in [3.63, 3.8) is 0 Å². The van der Waals surface area contributed by atoms with E-state index in [1.807, 2.05) is 6.07 Å². The Balaban J connectivity index is 2.26. The molecule has 3 nitrogen and oxygen atoms in total. The maximum atomic E-state index is 11.2. The van der Waals surface area contributed by atoms with Crippen LogP contribution in [0.2, 0.25) is 0 Å². The van der Waals surface area contributed by atoms with Crippen LogP contribution >= 0.6 is 0 Å². The van der Waals surface area contributed by atoms with Gasteiger partial charge in [-0.2, -0.15) is 0 Å². The van der Waals surface area contributed by atoms with Crippen molar-refractivity contribution >= 4 is 27.7 Å². The second kappa shape index (κ2) is 5.16. The van der Waals surface area contributed by atoms with Crippen molar-refractivity contribution in [3.8, 4) is 0 Å². The minimum absolute atomic E-state index is 0.116. The molecule has 1 aromatic heterocycles. The lowest BCUT2D eigenvalue weighted by Gasteiger charge is -2.19. The SMILES string of the molecule is CC(C)(C)c1ccc2c(c1)c1ccccc1n2CCC(N)=O. The van der Waals surface area contributed by atoms with E-state index >= 15 is 0 Å². The Kier molecular flexibility index (Phi) is 3.44. The van der Waals surface area contributed by atoms with Crippen LogP contribution in [0.5, 0.6) is 0 Å². The van der Waals surface area contributed by atoms with Gasteiger partial charge in [-0.25, -0.2) is 0 Å². The number of para-hydroxylation sites is 1. The average Bonchev–Trinajstić information content (AvgIpc) is 2.77. The highest BCUT2D eigenvalue weighted by Crippen LogP contribution is 2.33. The fourth-order valence-corrected chi connectivity index (χ4v) is 2.98. The number of fused-ring (bicyclic) bond motifs is 3. The Morgan fingerprint density at radius 3 is 2.41 bits per heavy atom. The molecule has 3 aromatic rings. The number of nitrogens with zero attached hydrogens (tertiary/aromatic N) is 1. The summed E-state index contributed by atoms with van der Waals surface area (Å²) in [5.74, 6) is -0.266. The van der Waals surface area contributed by atoms with E-state index in [4.69, 9.17) is 5.73 Å². The number of amides is 1. The average molecular weight is 294 g/mol. The Labute approximate surface area is 130 Å². The molecular formula is C19H22N2O. The van der Waals surface area contributed by atoms with E-state index in [-0.39, 0.29) is 11.3 Å². The van der Waals surface area contributed by atoms with Crippen LogP contribution in [0.25, 0.3) is 21.8 Å². The molecule has 0 unspecified atom stereocenters. The zero-order chi connectivity index (χ0) is 15.9. The lowest BCUT2D eigenvalue weighted by atomic mass is 9.86. The van der Waals surface area contributed by atoms with Crippen LogP contribution in [-0.2, 0) is 16.8 Å². The number of aryl methyl sites for hydroxylation is 1. The van der Waals surface area contributed by atoms with E-state index < -0.39 is 0 Å². The zero-order valence-corrected chi connectivity index (χ0v) is 13.4. The van der Waals surface area contributed by atoms with Crippen molar-refractivity contribution in [2.75, 3.05) is 0 Å². The van der Waals surface area contributed by atoms with Crippen LogP contribution in [0.3, 0.4) is 0 Å². The van der Waals surface area contributed by atoms with Crippen LogP contribution in [0, 0.1) is 0 Å². The minimum atomic E-state index is -0.266. The summed E-state index contributed by atoms with van der Waals surface area (Å²) in [6, 6.07) is 15.0. The van der Waals surface area contributed by atoms with E-state index in [1.165, 1.54) is 16.3 Å². The quantitative estimate of drug-likeness (QED) is 0.780. The summed E-state index contributed by atoms with van der Waals surface area (Å²) in [5, 5.41) is 2.47. The Hall–Kier alpha value is -2.29. The van der Waals surface area contributed by atoms with Gasteiger partial charge in [-0.05, 0) is 29.2 Å². The summed E-state index contributed by atoms with van der Waals surface area (Å²) >= 11 is 0. The molecule has 0 fully saturated rings. The summed E-state index contributed by atoms with van der Waals surface area (Å²) < 4.78 is 2.20. The van der Waals surface area contributed by atoms with E-state index in [2.05, 4.69) is 61.7 Å². The van der Waals surface area contributed by atoms with Crippen LogP contribution in [0.15, 0.2) is 42.5 Å². The predicted molar refractivity (Wildman–Crippen MR) is 92.0 cm³/mol. The normalized spacial score (nSPS) is 12.1. The number of carbonyl (C=O) groups excluding carboxylic acids is 1. The summed E-state index contributed by atoms with van der Waals surface area (Å²) in [6.07, 6.45) is 0.356. The van der Waals surface area contributed by atoms with Crippen molar-refractivity contribution in [3.05, 3.63) is 48.0 Å². The Morgan fingerprint density at radius 2 is 1.73 bits per heavy atom. The first-order valence-electron chi connectivity index (χ1n) is 7.68. The highest BCUT2D eigenvalue weighted by atomic mass is 16.1. The Bertz CT molecular complexity index is 853. The van der Waals surface area contributed by atoms with Gasteiger partial charge in [0.05, 0.1) is 0 Å². The van der Waals surface area contributed by atoms with Crippen molar-refractivity contribution in [1.82, 2.24) is 4.57 Å². The summed E-state index contributed by atoms with van der Waals surface area (Å²) in [6.45, 7) is 7.29. The molecule has 0 atom stereocenters. The van der Waals surface area contributed by atoms with Crippen LogP contribution in [0.4, 0.5) is 0 Å². The molecule has 0 saturated carbocycles. The standard InChI is InChI=1S/C19H22N2O/c1-19(2,3)13-8-9-17-15(12-13)14-6-4-5-7-16(14)21(17)11-10-18(20)22/h4-9,12H,10-11H2,1-3H3,(H2,20,22). The topological polar surface area (TPSA) is 48.0 Å². The molecule has 114 valence electrons. The first-order valence-corrected chi connectivity index (χ1v) is 7.68. The second-order valence-corrected chi connectivity index (χ2v) is 6.87. The molecule has 0 aliphatic rings. The first-order chi connectivity index (χ1) is 10.4. The molecule has 0 saturated heterocycles. The third kappa shape index (κ3) is 2.47. The van der Waals surface area contributed by atoms with E-state index in [1.54, 1.807) is 0 Å². The van der Waals surface area contributed by atoms with Crippen molar-refractivity contribution < 1.29 is 4.79 Å². The van der Waals surface area contributed by atoms with Gasteiger partial charge >= 0.3 is 0 Å². The van der Waals surface area contributed by atoms with Gasteiger partial charge < -0.3 is 10.3 Å². The van der Waals surface area contributed by atoms with Crippen molar-refractivity contribution in [2.24, 2.45) is 5.73 Å². The van der Waals surface area contributed by atoms with E-state index in [0.717, 1.165) is 11.0 Å². The number of carbonyl (C=O) groups is 1.